The molecule has 1 N–H and O–H groups in total. The highest BCUT2D eigenvalue weighted by atomic mass is 32.2. The lowest BCUT2D eigenvalue weighted by molar-refractivity contribution is 0.457. The predicted molar refractivity (Wildman–Crippen MR) is 79.6 cm³/mol. The van der Waals surface area contributed by atoms with Crippen molar-refractivity contribution in [2.24, 2.45) is 0 Å². The summed E-state index contributed by atoms with van der Waals surface area (Å²) in [6, 6.07) is 2.79. The van der Waals surface area contributed by atoms with E-state index in [1.165, 1.54) is 16.2 Å². The van der Waals surface area contributed by atoms with Crippen LogP contribution in [0.3, 0.4) is 0 Å². The van der Waals surface area contributed by atoms with Crippen molar-refractivity contribution in [1.82, 2.24) is 20.3 Å². The van der Waals surface area contributed by atoms with Crippen molar-refractivity contribution in [3.8, 4) is 0 Å². The van der Waals surface area contributed by atoms with Crippen LogP contribution in [0.4, 0.5) is 0 Å². The molecule has 6 heteroatoms. The molecule has 0 saturated carbocycles. The number of hydrogen-bond donors (Lipinski definition) is 1. The molecule has 19 heavy (non-hydrogen) atoms. The van der Waals surface area contributed by atoms with E-state index in [0.717, 1.165) is 19.5 Å². The first-order chi connectivity index (χ1) is 9.33. The number of fused-ring (bicyclic) bond motifs is 1. The first kappa shape index (κ1) is 13.1. The van der Waals surface area contributed by atoms with E-state index in [2.05, 4.69) is 34.0 Å². The highest BCUT2D eigenvalue weighted by molar-refractivity contribution is 8.01. The normalized spacial score (nSPS) is 22.4. The summed E-state index contributed by atoms with van der Waals surface area (Å²) in [5.74, 6) is 0. The van der Waals surface area contributed by atoms with Gasteiger partial charge in [0.25, 0.3) is 0 Å². The second-order valence-electron chi connectivity index (χ2n) is 4.85. The van der Waals surface area contributed by atoms with Gasteiger partial charge in [0.05, 0.1) is 10.4 Å². The van der Waals surface area contributed by atoms with E-state index in [1.807, 2.05) is 34.0 Å². The number of hydrogen-bond acceptors (Lipinski definition) is 5. The molecule has 0 aromatic carbocycles. The Balaban J connectivity index is 1.50. The van der Waals surface area contributed by atoms with Crippen molar-refractivity contribution in [2.75, 3.05) is 6.54 Å². The quantitative estimate of drug-likeness (QED) is 0.861. The largest absolute Gasteiger partial charge is 0.310 e. The Hall–Kier alpha value is -0.850. The van der Waals surface area contributed by atoms with E-state index >= 15 is 0 Å². The third-order valence-electron chi connectivity index (χ3n) is 3.34. The van der Waals surface area contributed by atoms with Crippen molar-refractivity contribution in [1.29, 1.82) is 0 Å². The first-order valence-electron chi connectivity index (χ1n) is 6.64. The Morgan fingerprint density at radius 3 is 3.32 bits per heavy atom. The zero-order valence-electron chi connectivity index (χ0n) is 11.0. The zero-order valence-corrected chi connectivity index (χ0v) is 12.6. The molecule has 2 aromatic rings. The van der Waals surface area contributed by atoms with Gasteiger partial charge in [0.1, 0.15) is 0 Å². The van der Waals surface area contributed by atoms with Gasteiger partial charge in [-0.2, -0.15) is 0 Å². The number of nitrogens with zero attached hydrogens (tertiary/aromatic N) is 3. The van der Waals surface area contributed by atoms with Crippen LogP contribution >= 0.6 is 23.1 Å². The van der Waals surface area contributed by atoms with Crippen LogP contribution in [0.2, 0.25) is 0 Å². The molecule has 0 aliphatic carbocycles. The molecule has 3 heterocycles. The molecule has 2 aromatic heterocycles. The number of rotatable bonds is 5. The molecule has 1 aliphatic heterocycles. The van der Waals surface area contributed by atoms with E-state index < -0.39 is 0 Å². The number of aromatic nitrogens is 3. The Morgan fingerprint density at radius 1 is 1.53 bits per heavy atom. The molecule has 0 spiro atoms. The van der Waals surface area contributed by atoms with Crippen molar-refractivity contribution in [3.05, 3.63) is 29.4 Å². The van der Waals surface area contributed by atoms with Crippen molar-refractivity contribution < 1.29 is 0 Å². The third kappa shape index (κ3) is 3.19. The molecule has 0 fully saturated rings. The van der Waals surface area contributed by atoms with Gasteiger partial charge in [0.15, 0.2) is 0 Å². The third-order valence-corrected chi connectivity index (χ3v) is 5.68. The lowest BCUT2D eigenvalue weighted by atomic mass is 10.0. The second kappa shape index (κ2) is 6.07. The average molecular weight is 294 g/mol. The number of aryl methyl sites for hydroxylation is 1. The molecular weight excluding hydrogens is 276 g/mol. The molecular formula is C13H18N4S2. The fourth-order valence-corrected chi connectivity index (χ4v) is 4.98. The van der Waals surface area contributed by atoms with Gasteiger partial charge in [0.2, 0.25) is 0 Å². The molecule has 0 amide bonds. The smallest absolute Gasteiger partial charge is 0.0692 e. The summed E-state index contributed by atoms with van der Waals surface area (Å²) in [6.07, 6.45) is 5.94. The fourth-order valence-electron chi connectivity index (χ4n) is 2.41. The van der Waals surface area contributed by atoms with Crippen LogP contribution in [-0.4, -0.2) is 26.8 Å². The summed E-state index contributed by atoms with van der Waals surface area (Å²) in [4.78, 5) is 0. The van der Waals surface area contributed by atoms with E-state index in [9.17, 15) is 0 Å². The van der Waals surface area contributed by atoms with Crippen LogP contribution in [0.25, 0.3) is 0 Å². The van der Waals surface area contributed by atoms with Crippen LogP contribution in [0, 0.1) is 0 Å². The molecule has 3 rings (SSSR count). The van der Waals surface area contributed by atoms with E-state index in [-0.39, 0.29) is 0 Å². The summed E-state index contributed by atoms with van der Waals surface area (Å²) >= 11 is 3.89. The van der Waals surface area contributed by atoms with Gasteiger partial charge < -0.3 is 5.32 Å². The summed E-state index contributed by atoms with van der Waals surface area (Å²) in [5, 5.41) is 14.4. The Kier molecular flexibility index (Phi) is 4.20. The van der Waals surface area contributed by atoms with Crippen LogP contribution < -0.4 is 5.32 Å². The molecule has 102 valence electrons. The Bertz CT molecular complexity index is 508. The van der Waals surface area contributed by atoms with Crippen molar-refractivity contribution >= 4 is 23.1 Å². The van der Waals surface area contributed by atoms with Gasteiger partial charge in [-0.25, -0.2) is 0 Å². The van der Waals surface area contributed by atoms with Crippen LogP contribution in [0.15, 0.2) is 28.0 Å². The predicted octanol–water partition coefficient (Wildman–Crippen LogP) is 2.94. The standard InChI is InChI=1S/C13H18N4S2/c1-10-9-12(11-3-8-18-13(11)19-10)14-4-2-6-17-7-5-15-16-17/h3,5,7-8,10,12,14H,2,4,6,9H2,1H3/t10-,12?/m0/s1. The molecule has 0 bridgehead atoms. The van der Waals surface area contributed by atoms with Gasteiger partial charge in [-0.3, -0.25) is 4.68 Å². The zero-order chi connectivity index (χ0) is 13.1. The van der Waals surface area contributed by atoms with Gasteiger partial charge in [-0.15, -0.1) is 28.2 Å². The van der Waals surface area contributed by atoms with Crippen LogP contribution in [0.1, 0.15) is 31.4 Å². The van der Waals surface area contributed by atoms with Crippen molar-refractivity contribution in [2.45, 2.75) is 41.8 Å². The Morgan fingerprint density at radius 2 is 2.47 bits per heavy atom. The van der Waals surface area contributed by atoms with Crippen LogP contribution in [0.5, 0.6) is 0 Å². The number of thiophene rings is 1. The summed E-state index contributed by atoms with van der Waals surface area (Å²) in [5.41, 5.74) is 1.49. The van der Waals surface area contributed by atoms with Gasteiger partial charge in [-0.1, -0.05) is 12.1 Å². The molecule has 4 nitrogen and oxygen atoms in total. The summed E-state index contributed by atoms with van der Waals surface area (Å²) in [7, 11) is 0. The monoisotopic (exact) mass is 294 g/mol. The minimum absolute atomic E-state index is 0.522. The van der Waals surface area contributed by atoms with Gasteiger partial charge in [0, 0.05) is 24.0 Å². The maximum Gasteiger partial charge on any atom is 0.0692 e. The average Bonchev–Trinajstić information content (AvgIpc) is 3.04. The Labute approximate surface area is 121 Å². The fraction of sp³-hybridized carbons (Fsp3) is 0.538. The highest BCUT2D eigenvalue weighted by Gasteiger charge is 2.25. The van der Waals surface area contributed by atoms with Crippen molar-refractivity contribution in [3.63, 3.8) is 0 Å². The maximum absolute atomic E-state index is 3.98. The van der Waals surface area contributed by atoms with E-state index in [4.69, 9.17) is 0 Å². The number of thioether (sulfide) groups is 1. The van der Waals surface area contributed by atoms with E-state index in [0.29, 0.717) is 11.3 Å². The SMILES string of the molecule is C[C@H]1CC(NCCCn2ccnn2)c2ccsc2S1. The maximum atomic E-state index is 3.98. The first-order valence-corrected chi connectivity index (χ1v) is 8.40. The van der Waals surface area contributed by atoms with Gasteiger partial charge in [-0.05, 0) is 36.4 Å². The second-order valence-corrected chi connectivity index (χ2v) is 7.48. The molecule has 0 saturated heterocycles. The lowest BCUT2D eigenvalue weighted by Gasteiger charge is -2.27. The lowest BCUT2D eigenvalue weighted by Crippen LogP contribution is -2.27. The summed E-state index contributed by atoms with van der Waals surface area (Å²) in [6.45, 7) is 4.27. The topological polar surface area (TPSA) is 42.7 Å². The molecule has 2 atom stereocenters. The molecule has 1 unspecified atom stereocenters. The number of nitrogens with one attached hydrogen (secondary N) is 1. The van der Waals surface area contributed by atoms with Gasteiger partial charge >= 0.3 is 0 Å². The highest BCUT2D eigenvalue weighted by Crippen LogP contribution is 2.43. The van der Waals surface area contributed by atoms with E-state index in [1.54, 1.807) is 6.20 Å². The van der Waals surface area contributed by atoms with Crippen LogP contribution in [-0.2, 0) is 6.54 Å². The minimum Gasteiger partial charge on any atom is -0.310 e. The molecule has 0 radical (unpaired) electrons. The molecule has 1 aliphatic rings. The summed E-state index contributed by atoms with van der Waals surface area (Å²) < 4.78 is 3.38. The minimum atomic E-state index is 0.522.